The van der Waals surface area contributed by atoms with Crippen molar-refractivity contribution in [3.05, 3.63) is 65.7 Å². The van der Waals surface area contributed by atoms with Crippen LogP contribution in [0.3, 0.4) is 0 Å². The molecule has 3 amide bonds. The molecule has 1 aliphatic rings. The van der Waals surface area contributed by atoms with Crippen LogP contribution in [0.4, 0.5) is 4.79 Å². The first kappa shape index (κ1) is 16.1. The van der Waals surface area contributed by atoms with Gasteiger partial charge in [-0.1, -0.05) is 42.5 Å². The van der Waals surface area contributed by atoms with Gasteiger partial charge in [0.15, 0.2) is 0 Å². The van der Waals surface area contributed by atoms with Crippen molar-refractivity contribution in [3.8, 4) is 5.75 Å². The van der Waals surface area contributed by atoms with Crippen molar-refractivity contribution in [1.29, 1.82) is 0 Å². The Labute approximate surface area is 141 Å². The molecule has 1 saturated heterocycles. The second kappa shape index (κ2) is 7.17. The fraction of sp³-hybridized carbons (Fsp3) is 0.263. The zero-order valence-corrected chi connectivity index (χ0v) is 13.6. The molecule has 0 radical (unpaired) electrons. The molecule has 0 saturated carbocycles. The Morgan fingerprint density at radius 3 is 2.38 bits per heavy atom. The minimum atomic E-state index is -0.448. The lowest BCUT2D eigenvalue weighted by Gasteiger charge is -2.13. The average Bonchev–Trinajstić information content (AvgIpc) is 2.89. The molecule has 5 heteroatoms. The second-order valence-corrected chi connectivity index (χ2v) is 5.80. The van der Waals surface area contributed by atoms with Crippen LogP contribution in [0.15, 0.2) is 54.6 Å². The van der Waals surface area contributed by atoms with Gasteiger partial charge in [0.1, 0.15) is 11.8 Å². The van der Waals surface area contributed by atoms with Crippen LogP contribution in [0.2, 0.25) is 0 Å². The van der Waals surface area contributed by atoms with Gasteiger partial charge in [-0.25, -0.2) is 4.79 Å². The summed E-state index contributed by atoms with van der Waals surface area (Å²) in [5.41, 5.74) is 2.05. The van der Waals surface area contributed by atoms with Gasteiger partial charge in [0.25, 0.3) is 5.91 Å². The number of aryl methyl sites for hydroxylation is 1. The van der Waals surface area contributed by atoms with E-state index in [1.165, 1.54) is 4.90 Å². The Hall–Kier alpha value is -2.82. The number of methoxy groups -OCH3 is 1. The first-order chi connectivity index (χ1) is 11.7. The van der Waals surface area contributed by atoms with E-state index in [0.717, 1.165) is 23.3 Å². The van der Waals surface area contributed by atoms with Gasteiger partial charge in [-0.3, -0.25) is 9.69 Å². The summed E-state index contributed by atoms with van der Waals surface area (Å²) in [5, 5.41) is 2.78. The van der Waals surface area contributed by atoms with Crippen molar-refractivity contribution in [3.63, 3.8) is 0 Å². The molecule has 1 fully saturated rings. The van der Waals surface area contributed by atoms with Gasteiger partial charge in [-0.2, -0.15) is 0 Å². The first-order valence-electron chi connectivity index (χ1n) is 7.96. The molecule has 3 rings (SSSR count). The van der Waals surface area contributed by atoms with Crippen molar-refractivity contribution in [2.24, 2.45) is 0 Å². The van der Waals surface area contributed by atoms with Gasteiger partial charge < -0.3 is 10.1 Å². The van der Waals surface area contributed by atoms with E-state index in [4.69, 9.17) is 4.74 Å². The summed E-state index contributed by atoms with van der Waals surface area (Å²) in [4.78, 5) is 25.9. The topological polar surface area (TPSA) is 58.6 Å². The molecule has 124 valence electrons. The zero-order valence-electron chi connectivity index (χ0n) is 13.6. The number of amides is 3. The summed E-state index contributed by atoms with van der Waals surface area (Å²) in [5.74, 6) is 0.587. The lowest BCUT2D eigenvalue weighted by atomic mass is 10.1. The summed E-state index contributed by atoms with van der Waals surface area (Å²) in [6.07, 6.45) is 1.36. The maximum Gasteiger partial charge on any atom is 0.325 e. The third-order valence-corrected chi connectivity index (χ3v) is 4.17. The number of ether oxygens (including phenoxy) is 1. The van der Waals surface area contributed by atoms with Crippen molar-refractivity contribution in [2.45, 2.75) is 25.4 Å². The van der Waals surface area contributed by atoms with Crippen molar-refractivity contribution in [2.75, 3.05) is 7.11 Å². The van der Waals surface area contributed by atoms with E-state index in [1.54, 1.807) is 7.11 Å². The maximum atomic E-state index is 12.5. The minimum absolute atomic E-state index is 0.160. The summed E-state index contributed by atoms with van der Waals surface area (Å²) >= 11 is 0. The largest absolute Gasteiger partial charge is 0.497 e. The van der Waals surface area contributed by atoms with Crippen LogP contribution in [-0.2, 0) is 17.8 Å². The van der Waals surface area contributed by atoms with E-state index in [2.05, 4.69) is 5.32 Å². The Bertz CT molecular complexity index is 713. The molecular formula is C19H20N2O3. The van der Waals surface area contributed by atoms with Gasteiger partial charge in [-0.15, -0.1) is 0 Å². The number of hydrogen-bond donors (Lipinski definition) is 1. The lowest BCUT2D eigenvalue weighted by Crippen LogP contribution is -2.31. The monoisotopic (exact) mass is 324 g/mol. The third-order valence-electron chi connectivity index (χ3n) is 4.17. The van der Waals surface area contributed by atoms with Crippen LogP contribution in [0.5, 0.6) is 5.75 Å². The summed E-state index contributed by atoms with van der Waals surface area (Å²) in [6.45, 7) is 0.274. The Balaban J connectivity index is 1.61. The second-order valence-electron chi connectivity index (χ2n) is 5.80. The van der Waals surface area contributed by atoms with Crippen molar-refractivity contribution in [1.82, 2.24) is 10.2 Å². The Morgan fingerprint density at radius 2 is 1.71 bits per heavy atom. The van der Waals surface area contributed by atoms with Gasteiger partial charge in [0.05, 0.1) is 13.7 Å². The third kappa shape index (κ3) is 3.56. The SMILES string of the molecule is COc1ccc(CN2C(=O)NC(CCc3ccccc3)C2=O)cc1. The first-order valence-corrected chi connectivity index (χ1v) is 7.96. The smallest absolute Gasteiger partial charge is 0.325 e. The number of imide groups is 1. The molecule has 0 spiro atoms. The number of nitrogens with one attached hydrogen (secondary N) is 1. The molecule has 1 N–H and O–H groups in total. The summed E-state index contributed by atoms with van der Waals surface area (Å²) in [6, 6.07) is 16.5. The highest BCUT2D eigenvalue weighted by atomic mass is 16.5. The van der Waals surface area contributed by atoms with Crippen LogP contribution < -0.4 is 10.1 Å². The number of urea groups is 1. The number of carbonyl (C=O) groups is 2. The molecule has 0 aromatic heterocycles. The highest BCUT2D eigenvalue weighted by Gasteiger charge is 2.37. The molecule has 1 atom stereocenters. The molecule has 1 heterocycles. The molecule has 24 heavy (non-hydrogen) atoms. The quantitative estimate of drug-likeness (QED) is 0.831. The van der Waals surface area contributed by atoms with E-state index < -0.39 is 6.04 Å². The summed E-state index contributed by atoms with van der Waals surface area (Å²) < 4.78 is 5.11. The standard InChI is InChI=1S/C19H20N2O3/c1-24-16-10-7-15(8-11-16)13-21-18(22)17(20-19(21)23)12-9-14-5-3-2-4-6-14/h2-8,10-11,17H,9,12-13H2,1H3,(H,20,23). The molecule has 0 bridgehead atoms. The van der Waals surface area contributed by atoms with E-state index in [0.29, 0.717) is 6.42 Å². The minimum Gasteiger partial charge on any atom is -0.497 e. The van der Waals surface area contributed by atoms with Gasteiger partial charge in [0, 0.05) is 0 Å². The van der Waals surface area contributed by atoms with Crippen LogP contribution in [-0.4, -0.2) is 30.0 Å². The van der Waals surface area contributed by atoms with Crippen LogP contribution in [0.25, 0.3) is 0 Å². The predicted octanol–water partition coefficient (Wildman–Crippen LogP) is 2.75. The van der Waals surface area contributed by atoms with Gasteiger partial charge >= 0.3 is 6.03 Å². The Morgan fingerprint density at radius 1 is 1.00 bits per heavy atom. The number of rotatable bonds is 6. The molecular weight excluding hydrogens is 304 g/mol. The molecule has 1 unspecified atom stereocenters. The maximum absolute atomic E-state index is 12.5. The van der Waals surface area contributed by atoms with E-state index in [9.17, 15) is 9.59 Å². The van der Waals surface area contributed by atoms with Crippen molar-refractivity contribution < 1.29 is 14.3 Å². The zero-order chi connectivity index (χ0) is 16.9. The number of carbonyl (C=O) groups excluding carboxylic acids is 2. The predicted molar refractivity (Wildman–Crippen MR) is 90.6 cm³/mol. The van der Waals surface area contributed by atoms with Gasteiger partial charge in [-0.05, 0) is 36.1 Å². The number of nitrogens with zero attached hydrogens (tertiary/aromatic N) is 1. The van der Waals surface area contributed by atoms with E-state index in [-0.39, 0.29) is 18.5 Å². The molecule has 5 nitrogen and oxygen atoms in total. The highest BCUT2D eigenvalue weighted by Crippen LogP contribution is 2.18. The van der Waals surface area contributed by atoms with Crippen LogP contribution in [0, 0.1) is 0 Å². The lowest BCUT2D eigenvalue weighted by molar-refractivity contribution is -0.128. The Kier molecular flexibility index (Phi) is 4.79. The fourth-order valence-corrected chi connectivity index (χ4v) is 2.79. The molecule has 2 aromatic carbocycles. The summed E-state index contributed by atoms with van der Waals surface area (Å²) in [7, 11) is 1.60. The van der Waals surface area contributed by atoms with Crippen LogP contribution >= 0.6 is 0 Å². The normalized spacial score (nSPS) is 17.0. The van der Waals surface area contributed by atoms with Crippen molar-refractivity contribution >= 4 is 11.9 Å². The van der Waals surface area contributed by atoms with E-state index in [1.807, 2.05) is 54.6 Å². The fourth-order valence-electron chi connectivity index (χ4n) is 2.79. The van der Waals surface area contributed by atoms with Crippen LogP contribution in [0.1, 0.15) is 17.5 Å². The van der Waals surface area contributed by atoms with E-state index >= 15 is 0 Å². The number of benzene rings is 2. The molecule has 2 aromatic rings. The average molecular weight is 324 g/mol. The van der Waals surface area contributed by atoms with Gasteiger partial charge in [0.2, 0.25) is 0 Å². The molecule has 0 aliphatic carbocycles. The molecule has 1 aliphatic heterocycles. The number of hydrogen-bond acceptors (Lipinski definition) is 3. The highest BCUT2D eigenvalue weighted by molar-refractivity contribution is 6.04.